The van der Waals surface area contributed by atoms with Gasteiger partial charge in [0.25, 0.3) is 0 Å². The molecule has 2 aliphatic heterocycles. The van der Waals surface area contributed by atoms with Gasteiger partial charge in [0.05, 0.1) is 35.3 Å². The van der Waals surface area contributed by atoms with Crippen molar-refractivity contribution in [3.05, 3.63) is 95.6 Å². The van der Waals surface area contributed by atoms with E-state index in [2.05, 4.69) is 5.32 Å². The summed E-state index contributed by atoms with van der Waals surface area (Å²) in [6, 6.07) is 20.5. The van der Waals surface area contributed by atoms with Gasteiger partial charge in [0.1, 0.15) is 0 Å². The van der Waals surface area contributed by atoms with Crippen LogP contribution in [0.3, 0.4) is 0 Å². The van der Waals surface area contributed by atoms with E-state index in [0.717, 1.165) is 23.3 Å². The Morgan fingerprint density at radius 1 is 1.02 bits per heavy atom. The number of amides is 1. The highest BCUT2D eigenvalue weighted by Crippen LogP contribution is 2.35. The van der Waals surface area contributed by atoms with E-state index in [1.54, 1.807) is 28.6 Å². The molecule has 0 radical (unpaired) electrons. The molecule has 3 aromatic rings. The van der Waals surface area contributed by atoms with Gasteiger partial charge in [-0.2, -0.15) is 17.5 Å². The zero-order chi connectivity index (χ0) is 29.3. The molecule has 2 atom stereocenters. The predicted octanol–water partition coefficient (Wildman–Crippen LogP) is 4.73. The number of hydrogen-bond acceptors (Lipinski definition) is 5. The maximum absolute atomic E-state index is 13.9. The van der Waals surface area contributed by atoms with Gasteiger partial charge < -0.3 is 10.1 Å². The first-order valence-corrected chi connectivity index (χ1v) is 14.8. The van der Waals surface area contributed by atoms with Crippen LogP contribution in [-0.4, -0.2) is 68.0 Å². The lowest BCUT2D eigenvalue weighted by Gasteiger charge is -2.44. The minimum absolute atomic E-state index is 0.0560. The van der Waals surface area contributed by atoms with E-state index in [9.17, 15) is 26.4 Å². The van der Waals surface area contributed by atoms with Gasteiger partial charge in [0.15, 0.2) is 0 Å². The lowest BCUT2D eigenvalue weighted by atomic mass is 9.98. The summed E-state index contributed by atoms with van der Waals surface area (Å²) in [7, 11) is -3.85. The molecule has 2 fully saturated rings. The van der Waals surface area contributed by atoms with Crippen LogP contribution in [-0.2, 0) is 32.2 Å². The minimum atomic E-state index is -4.51. The number of rotatable bonds is 7. The summed E-state index contributed by atoms with van der Waals surface area (Å²) in [6.45, 7) is 2.98. The largest absolute Gasteiger partial charge is 0.416 e. The van der Waals surface area contributed by atoms with Crippen molar-refractivity contribution >= 4 is 21.6 Å². The maximum Gasteiger partial charge on any atom is 0.416 e. The van der Waals surface area contributed by atoms with Crippen LogP contribution >= 0.6 is 0 Å². The van der Waals surface area contributed by atoms with Crippen molar-refractivity contribution in [1.82, 2.24) is 9.21 Å². The molecule has 2 heterocycles. The highest BCUT2D eigenvalue weighted by Gasteiger charge is 2.49. The minimum Gasteiger partial charge on any atom is -0.371 e. The Morgan fingerprint density at radius 3 is 2.46 bits per heavy atom. The van der Waals surface area contributed by atoms with E-state index in [0.29, 0.717) is 25.9 Å². The van der Waals surface area contributed by atoms with Gasteiger partial charge in [0.2, 0.25) is 15.9 Å². The summed E-state index contributed by atoms with van der Waals surface area (Å²) in [4.78, 5) is 14.8. The molecule has 2 saturated heterocycles. The molecule has 0 bridgehead atoms. The number of halogens is 3. The van der Waals surface area contributed by atoms with Crippen LogP contribution in [0.1, 0.15) is 23.1 Å². The molecule has 2 aliphatic rings. The average molecular weight is 588 g/mol. The molecule has 0 aromatic heterocycles. The van der Waals surface area contributed by atoms with Crippen molar-refractivity contribution < 1.29 is 31.1 Å². The Bertz CT molecular complexity index is 1480. The number of ether oxygens (including phenoxy) is 1. The van der Waals surface area contributed by atoms with Crippen LogP contribution < -0.4 is 5.32 Å². The summed E-state index contributed by atoms with van der Waals surface area (Å²) in [5.41, 5.74) is 0.373. The fourth-order valence-corrected chi connectivity index (χ4v) is 7.16. The van der Waals surface area contributed by atoms with E-state index >= 15 is 0 Å². The number of sulfonamides is 1. The molecular formula is C30H32F3N3O4S. The molecular weight excluding hydrogens is 555 g/mol. The highest BCUT2D eigenvalue weighted by atomic mass is 32.2. The summed E-state index contributed by atoms with van der Waals surface area (Å²) in [5.74, 6) is -0.455. The molecule has 7 nitrogen and oxygen atoms in total. The van der Waals surface area contributed by atoms with Crippen molar-refractivity contribution in [3.8, 4) is 0 Å². The number of likely N-dealkylation sites (tertiary alicyclic amines) is 1. The first-order valence-electron chi connectivity index (χ1n) is 13.4. The monoisotopic (exact) mass is 587 g/mol. The molecule has 11 heteroatoms. The van der Waals surface area contributed by atoms with Crippen LogP contribution in [0.5, 0.6) is 0 Å². The molecule has 1 spiro atoms. The van der Waals surface area contributed by atoms with Crippen molar-refractivity contribution in [2.45, 2.75) is 42.5 Å². The van der Waals surface area contributed by atoms with Gasteiger partial charge >= 0.3 is 6.18 Å². The number of aryl methyl sites for hydroxylation is 1. The van der Waals surface area contributed by atoms with Crippen molar-refractivity contribution in [1.29, 1.82) is 0 Å². The molecule has 3 aromatic carbocycles. The topological polar surface area (TPSA) is 79.0 Å². The van der Waals surface area contributed by atoms with Gasteiger partial charge in [-0.15, -0.1) is 0 Å². The number of nitrogens with one attached hydrogen (secondary N) is 1. The van der Waals surface area contributed by atoms with E-state index in [1.807, 2.05) is 42.2 Å². The lowest BCUT2D eigenvalue weighted by molar-refractivity contribution is -0.137. The quantitative estimate of drug-likeness (QED) is 0.433. The normalized spacial score (nSPS) is 22.2. The molecule has 0 unspecified atom stereocenters. The second-order valence-electron chi connectivity index (χ2n) is 10.8. The van der Waals surface area contributed by atoms with Crippen molar-refractivity contribution in [2.75, 3.05) is 38.1 Å². The summed E-state index contributed by atoms with van der Waals surface area (Å²) >= 11 is 0. The maximum atomic E-state index is 13.9. The fraction of sp³-hybridized carbons (Fsp3) is 0.367. The van der Waals surface area contributed by atoms with Crippen LogP contribution in [0.15, 0.2) is 83.8 Å². The number of alkyl halides is 3. The first-order chi connectivity index (χ1) is 19.4. The molecule has 0 aliphatic carbocycles. The van der Waals surface area contributed by atoms with Crippen LogP contribution in [0.2, 0.25) is 0 Å². The Balaban J connectivity index is 1.30. The summed E-state index contributed by atoms with van der Waals surface area (Å²) in [5, 5.41) is 2.54. The SMILES string of the molecule is Cc1ccc(S(=O)(=O)N2C[C@@]3(CCN(CC(=O)Nc4cccc(C(F)(F)F)c4)C3)OC[C@@H]2Cc2ccccc2)cc1. The lowest BCUT2D eigenvalue weighted by Crippen LogP contribution is -2.59. The van der Waals surface area contributed by atoms with Gasteiger partial charge in [0, 0.05) is 25.3 Å². The third-order valence-corrected chi connectivity index (χ3v) is 9.52. The number of anilines is 1. The average Bonchev–Trinajstić information content (AvgIpc) is 3.31. The summed E-state index contributed by atoms with van der Waals surface area (Å²) < 4.78 is 74.9. The Hall–Kier alpha value is -3.25. The zero-order valence-electron chi connectivity index (χ0n) is 22.6. The zero-order valence-corrected chi connectivity index (χ0v) is 23.4. The molecule has 0 saturated carbocycles. The molecule has 41 heavy (non-hydrogen) atoms. The number of carbonyl (C=O) groups is 1. The number of hydrogen-bond donors (Lipinski definition) is 1. The van der Waals surface area contributed by atoms with E-state index in [4.69, 9.17) is 4.74 Å². The Morgan fingerprint density at radius 2 is 1.76 bits per heavy atom. The van der Waals surface area contributed by atoms with Gasteiger partial charge in [-0.3, -0.25) is 9.69 Å². The van der Waals surface area contributed by atoms with Crippen molar-refractivity contribution in [2.24, 2.45) is 0 Å². The van der Waals surface area contributed by atoms with Crippen LogP contribution in [0.4, 0.5) is 18.9 Å². The number of morpholine rings is 1. The molecule has 1 N–H and O–H groups in total. The standard InChI is InChI=1S/C30H32F3N3O4S/c1-22-10-12-27(13-11-22)41(38,39)36-21-29(40-19-26(36)16-23-6-3-2-4-7-23)14-15-35(20-29)18-28(37)34-25-9-5-8-24(17-25)30(31,32)33/h2-13,17,26H,14-16,18-21H2,1H3,(H,34,37)/t26-,29-/m0/s1. The smallest absolute Gasteiger partial charge is 0.371 e. The van der Waals surface area contributed by atoms with Crippen LogP contribution in [0.25, 0.3) is 0 Å². The van der Waals surface area contributed by atoms with Crippen LogP contribution in [0, 0.1) is 6.92 Å². The number of nitrogens with zero attached hydrogens (tertiary/aromatic N) is 2. The van der Waals surface area contributed by atoms with Gasteiger partial charge in [-0.1, -0.05) is 54.1 Å². The van der Waals surface area contributed by atoms with Crippen molar-refractivity contribution in [3.63, 3.8) is 0 Å². The van der Waals surface area contributed by atoms with E-state index < -0.39 is 39.3 Å². The van der Waals surface area contributed by atoms with Gasteiger partial charge in [-0.25, -0.2) is 8.42 Å². The second-order valence-corrected chi connectivity index (χ2v) is 12.7. The second kappa shape index (κ2) is 11.6. The van der Waals surface area contributed by atoms with Gasteiger partial charge in [-0.05, 0) is 55.7 Å². The number of carbonyl (C=O) groups excluding carboxylic acids is 1. The molecule has 5 rings (SSSR count). The number of benzene rings is 3. The predicted molar refractivity (Wildman–Crippen MR) is 149 cm³/mol. The van der Waals surface area contributed by atoms with E-state index in [1.165, 1.54) is 12.1 Å². The fourth-order valence-electron chi connectivity index (χ4n) is 5.47. The highest BCUT2D eigenvalue weighted by molar-refractivity contribution is 7.89. The molecule has 1 amide bonds. The third-order valence-electron chi connectivity index (χ3n) is 7.61. The molecule has 218 valence electrons. The summed E-state index contributed by atoms with van der Waals surface area (Å²) in [6.07, 6.45) is -3.50. The third kappa shape index (κ3) is 6.81. The Labute approximate surface area is 238 Å². The van der Waals surface area contributed by atoms with E-state index in [-0.39, 0.29) is 30.3 Å². The first kappa shape index (κ1) is 29.2. The Kier molecular flexibility index (Phi) is 8.24.